The molecule has 9 heteroatoms. The average molecular weight is 507 g/mol. The van der Waals surface area contributed by atoms with Crippen LogP contribution in [0.3, 0.4) is 0 Å². The maximum Gasteiger partial charge on any atom is 0.332 e. The predicted molar refractivity (Wildman–Crippen MR) is 137 cm³/mol. The van der Waals surface area contributed by atoms with Crippen molar-refractivity contribution in [1.82, 2.24) is 10.7 Å². The van der Waals surface area contributed by atoms with E-state index >= 15 is 4.39 Å². The first kappa shape index (κ1) is 23.1. The molecule has 7 rings (SSSR count). The van der Waals surface area contributed by atoms with Crippen molar-refractivity contribution < 1.29 is 19.1 Å². The fourth-order valence-corrected chi connectivity index (χ4v) is 7.94. The summed E-state index contributed by atoms with van der Waals surface area (Å²) in [6.45, 7) is 0. The van der Waals surface area contributed by atoms with E-state index in [0.717, 1.165) is 47.7 Å². The Labute approximate surface area is 212 Å². The molecule has 0 spiro atoms. The van der Waals surface area contributed by atoms with Crippen molar-refractivity contribution in [3.05, 3.63) is 58.2 Å². The number of halogens is 1. The number of hydrogen-bond acceptors (Lipinski definition) is 5. The molecule has 0 radical (unpaired) electrons. The number of hydrazone groups is 1. The Kier molecular flexibility index (Phi) is 5.55. The fourth-order valence-electron chi connectivity index (χ4n) is 7.16. The van der Waals surface area contributed by atoms with Gasteiger partial charge in [0.25, 0.3) is 5.91 Å². The number of phenolic OH excluding ortho intramolecular Hbond substituents is 1. The van der Waals surface area contributed by atoms with Gasteiger partial charge in [-0.15, -0.1) is 5.10 Å². The number of rotatable bonds is 4. The minimum absolute atomic E-state index is 0.136. The number of urea groups is 1. The molecule has 5 fully saturated rings. The molecular formula is C27H27FN4O3S. The quantitative estimate of drug-likeness (QED) is 0.352. The molecule has 4 saturated carbocycles. The van der Waals surface area contributed by atoms with Gasteiger partial charge in [0.05, 0.1) is 4.91 Å². The molecular weight excluding hydrogens is 479 g/mol. The van der Waals surface area contributed by atoms with Crippen molar-refractivity contribution in [3.8, 4) is 16.9 Å². The average Bonchev–Trinajstić information content (AvgIpc) is 3.17. The summed E-state index contributed by atoms with van der Waals surface area (Å²) in [7, 11) is 0. The maximum atomic E-state index is 15.1. The van der Waals surface area contributed by atoms with Gasteiger partial charge in [-0.05, 0) is 114 Å². The molecule has 4 aliphatic carbocycles. The van der Waals surface area contributed by atoms with E-state index in [2.05, 4.69) is 15.8 Å². The summed E-state index contributed by atoms with van der Waals surface area (Å²) >= 11 is 1.08. The zero-order chi connectivity index (χ0) is 25.0. The van der Waals surface area contributed by atoms with Crippen LogP contribution in [-0.2, 0) is 10.2 Å². The lowest BCUT2D eigenvalue weighted by atomic mass is 9.48. The van der Waals surface area contributed by atoms with Crippen LogP contribution in [0, 0.1) is 23.6 Å². The summed E-state index contributed by atoms with van der Waals surface area (Å²) in [5.41, 5.74) is 10.0. The summed E-state index contributed by atoms with van der Waals surface area (Å²) in [5, 5.41) is 17.4. The number of nitrogens with zero attached hydrogens (tertiary/aromatic N) is 1. The van der Waals surface area contributed by atoms with Gasteiger partial charge in [-0.1, -0.05) is 18.2 Å². The molecule has 4 bridgehead atoms. The molecule has 3 amide bonds. The van der Waals surface area contributed by atoms with Crippen LogP contribution in [0.25, 0.3) is 17.2 Å². The highest BCUT2D eigenvalue weighted by atomic mass is 32.2. The molecule has 5 aliphatic rings. The zero-order valence-corrected chi connectivity index (χ0v) is 20.4. The highest BCUT2D eigenvalue weighted by Crippen LogP contribution is 2.62. The number of primary amides is 1. The number of phenols is 1. The standard InChI is InChI=1S/C27H27FN4O3S/c28-21-10-19(9-20(23(21)33)27-11-15-4-16(12-27)6-17(5-15)13-27)18-3-1-2-14(7-18)8-22-24(34)30-26(36-22)32-31-25(29)35/h1-3,7-10,15-17,33H,4-6,11-13H2,(H3,29,31,35)(H,30,32,34)/b22-8-. The van der Waals surface area contributed by atoms with E-state index in [0.29, 0.717) is 28.2 Å². The number of hydrogen-bond donors (Lipinski definition) is 4. The monoisotopic (exact) mass is 506 g/mol. The highest BCUT2D eigenvalue weighted by molar-refractivity contribution is 8.18. The molecule has 186 valence electrons. The number of nitrogens with two attached hydrogens (primary N) is 1. The van der Waals surface area contributed by atoms with Crippen LogP contribution in [0.15, 0.2) is 46.4 Å². The number of aromatic hydroxyl groups is 1. The summed E-state index contributed by atoms with van der Waals surface area (Å²) in [4.78, 5) is 23.6. The van der Waals surface area contributed by atoms with Gasteiger partial charge in [0.1, 0.15) is 0 Å². The van der Waals surface area contributed by atoms with Crippen molar-refractivity contribution in [3.63, 3.8) is 0 Å². The Morgan fingerprint density at radius 3 is 2.50 bits per heavy atom. The second-order valence-corrected chi connectivity index (χ2v) is 11.7. The number of carbonyl (C=O) groups is 2. The van der Waals surface area contributed by atoms with Gasteiger partial charge in [0, 0.05) is 5.56 Å². The second kappa shape index (κ2) is 8.65. The number of thioether (sulfide) groups is 1. The molecule has 5 N–H and O–H groups in total. The first-order valence-electron chi connectivity index (χ1n) is 12.3. The smallest absolute Gasteiger partial charge is 0.332 e. The van der Waals surface area contributed by atoms with Crippen LogP contribution >= 0.6 is 11.8 Å². The predicted octanol–water partition coefficient (Wildman–Crippen LogP) is 4.81. The summed E-state index contributed by atoms with van der Waals surface area (Å²) in [6.07, 6.45) is 8.63. The molecule has 7 nitrogen and oxygen atoms in total. The lowest BCUT2D eigenvalue weighted by Crippen LogP contribution is -2.48. The van der Waals surface area contributed by atoms with E-state index in [1.165, 1.54) is 25.3 Å². The maximum absolute atomic E-state index is 15.1. The third kappa shape index (κ3) is 4.15. The van der Waals surface area contributed by atoms with E-state index in [4.69, 9.17) is 5.73 Å². The highest BCUT2D eigenvalue weighted by Gasteiger charge is 2.52. The van der Waals surface area contributed by atoms with Gasteiger partial charge < -0.3 is 10.8 Å². The van der Waals surface area contributed by atoms with Crippen molar-refractivity contribution >= 4 is 34.9 Å². The van der Waals surface area contributed by atoms with Crippen LogP contribution in [-0.4, -0.2) is 22.2 Å². The molecule has 1 saturated heterocycles. The Morgan fingerprint density at radius 2 is 1.83 bits per heavy atom. The van der Waals surface area contributed by atoms with Gasteiger partial charge in [-0.25, -0.2) is 14.6 Å². The molecule has 0 aromatic heterocycles. The van der Waals surface area contributed by atoms with Crippen LogP contribution in [0.4, 0.5) is 9.18 Å². The first-order valence-corrected chi connectivity index (χ1v) is 13.1. The van der Waals surface area contributed by atoms with Gasteiger partial charge in [-0.3, -0.25) is 10.1 Å². The van der Waals surface area contributed by atoms with Gasteiger partial charge in [0.2, 0.25) is 0 Å². The molecule has 2 aromatic rings. The van der Waals surface area contributed by atoms with Crippen LogP contribution in [0.1, 0.15) is 49.7 Å². The minimum Gasteiger partial charge on any atom is -0.505 e. The normalized spacial score (nSPS) is 30.7. The number of benzene rings is 2. The van der Waals surface area contributed by atoms with Gasteiger partial charge in [-0.2, -0.15) is 0 Å². The van der Waals surface area contributed by atoms with Crippen LogP contribution in [0.5, 0.6) is 5.75 Å². The number of amides is 3. The first-order chi connectivity index (χ1) is 17.3. The number of carbonyl (C=O) groups excluding carboxylic acids is 2. The minimum atomic E-state index is -0.823. The Bertz CT molecular complexity index is 1300. The van der Waals surface area contributed by atoms with E-state index in [-0.39, 0.29) is 22.2 Å². The van der Waals surface area contributed by atoms with E-state index < -0.39 is 11.8 Å². The summed E-state index contributed by atoms with van der Waals surface area (Å²) < 4.78 is 15.1. The lowest BCUT2D eigenvalue weighted by molar-refractivity contribution is -0.115. The number of nitrogens with one attached hydrogen (secondary N) is 2. The van der Waals surface area contributed by atoms with Crippen molar-refractivity contribution in [1.29, 1.82) is 0 Å². The largest absolute Gasteiger partial charge is 0.505 e. The zero-order valence-electron chi connectivity index (χ0n) is 19.6. The van der Waals surface area contributed by atoms with Crippen molar-refractivity contribution in [2.75, 3.05) is 0 Å². The molecule has 1 heterocycles. The molecule has 0 unspecified atom stereocenters. The topological polar surface area (TPSA) is 117 Å². The Hall–Kier alpha value is -3.33. The van der Waals surface area contributed by atoms with Gasteiger partial charge >= 0.3 is 6.03 Å². The SMILES string of the molecule is NC(=O)N/N=C1\NC(=O)/C(=C/c2cccc(-c3cc(F)c(O)c(C45CC6CC(CC(C6)C4)C5)c3)c2)S1. The molecule has 1 aliphatic heterocycles. The van der Waals surface area contributed by atoms with Gasteiger partial charge in [0.15, 0.2) is 16.7 Å². The third-order valence-electron chi connectivity index (χ3n) is 8.11. The Morgan fingerprint density at radius 1 is 1.14 bits per heavy atom. The second-order valence-electron chi connectivity index (χ2n) is 10.6. The lowest BCUT2D eigenvalue weighted by Gasteiger charge is -2.57. The molecule has 2 aromatic carbocycles. The fraction of sp³-hybridized carbons (Fsp3) is 0.370. The summed E-state index contributed by atoms with van der Waals surface area (Å²) in [5.74, 6) is 0.914. The van der Waals surface area contributed by atoms with E-state index in [9.17, 15) is 14.7 Å². The number of amidine groups is 1. The third-order valence-corrected chi connectivity index (χ3v) is 9.02. The van der Waals surface area contributed by atoms with Crippen LogP contribution < -0.4 is 16.5 Å². The van der Waals surface area contributed by atoms with Crippen molar-refractivity contribution in [2.45, 2.75) is 43.9 Å². The Balaban J connectivity index is 1.32. The summed E-state index contributed by atoms with van der Waals surface area (Å²) in [6, 6.07) is 10.1. The molecule has 0 atom stereocenters. The molecule has 36 heavy (non-hydrogen) atoms. The van der Waals surface area contributed by atoms with Crippen molar-refractivity contribution in [2.24, 2.45) is 28.6 Å². The van der Waals surface area contributed by atoms with Crippen LogP contribution in [0.2, 0.25) is 0 Å². The van der Waals surface area contributed by atoms with E-state index in [1.807, 2.05) is 30.3 Å². The van der Waals surface area contributed by atoms with E-state index in [1.54, 1.807) is 6.08 Å².